The molecule has 0 bridgehead atoms. The van der Waals surface area contributed by atoms with Crippen LogP contribution in [0, 0.1) is 0 Å². The van der Waals surface area contributed by atoms with Crippen molar-refractivity contribution in [2.75, 3.05) is 24.7 Å². The maximum atomic E-state index is 13.5. The van der Waals surface area contributed by atoms with E-state index in [0.717, 1.165) is 29.7 Å². The molecule has 3 aromatic rings. The van der Waals surface area contributed by atoms with Crippen LogP contribution in [0.25, 0.3) is 10.2 Å². The molecule has 1 aromatic heterocycles. The number of rotatable bonds is 6. The van der Waals surface area contributed by atoms with Crippen LogP contribution in [-0.4, -0.2) is 36.8 Å². The van der Waals surface area contributed by atoms with Crippen molar-refractivity contribution in [2.45, 2.75) is 25.9 Å². The van der Waals surface area contributed by atoms with Gasteiger partial charge in [0.1, 0.15) is 5.75 Å². The smallest absolute Gasteiger partial charge is 0.263 e. The predicted molar refractivity (Wildman–Crippen MR) is 108 cm³/mol. The number of carbonyl (C=O) groups is 1. The molecule has 140 valence electrons. The van der Waals surface area contributed by atoms with Crippen molar-refractivity contribution in [3.05, 3.63) is 54.1 Å². The summed E-state index contributed by atoms with van der Waals surface area (Å²) in [6, 6.07) is 15.3. The normalized spacial score (nSPS) is 16.6. The lowest BCUT2D eigenvalue weighted by atomic mass is 10.1. The summed E-state index contributed by atoms with van der Waals surface area (Å²) in [7, 11) is 0. The van der Waals surface area contributed by atoms with E-state index in [0.29, 0.717) is 29.6 Å². The van der Waals surface area contributed by atoms with E-state index in [1.807, 2.05) is 55.5 Å². The van der Waals surface area contributed by atoms with Crippen molar-refractivity contribution in [1.29, 1.82) is 0 Å². The second kappa shape index (κ2) is 8.06. The highest BCUT2D eigenvalue weighted by Gasteiger charge is 2.28. The molecule has 1 unspecified atom stereocenters. The van der Waals surface area contributed by atoms with Crippen LogP contribution in [-0.2, 0) is 4.74 Å². The standard InChI is InChI=1S/C21H22N2O3S/c1-2-25-18-11-5-3-9-16(18)20(24)23(14-15-8-7-13-26-15)21-22-17-10-4-6-12-19(17)27-21/h3-6,9-12,15H,2,7-8,13-14H2,1H3. The number of carbonyl (C=O) groups excluding carboxylic acids is 1. The number of anilines is 1. The van der Waals surface area contributed by atoms with Crippen LogP contribution in [0.1, 0.15) is 30.1 Å². The minimum absolute atomic E-state index is 0.0419. The van der Waals surface area contributed by atoms with Gasteiger partial charge in [-0.05, 0) is 44.0 Å². The van der Waals surface area contributed by atoms with E-state index in [1.165, 1.54) is 11.3 Å². The number of hydrogen-bond donors (Lipinski definition) is 0. The van der Waals surface area contributed by atoms with Gasteiger partial charge in [-0.15, -0.1) is 0 Å². The van der Waals surface area contributed by atoms with Gasteiger partial charge in [-0.3, -0.25) is 9.69 Å². The van der Waals surface area contributed by atoms with E-state index < -0.39 is 0 Å². The third kappa shape index (κ3) is 3.82. The van der Waals surface area contributed by atoms with E-state index in [1.54, 1.807) is 4.90 Å². The number of fused-ring (bicyclic) bond motifs is 1. The SMILES string of the molecule is CCOc1ccccc1C(=O)N(CC1CCCO1)c1nc2ccccc2s1. The molecule has 1 aliphatic heterocycles. The van der Waals surface area contributed by atoms with Crippen molar-refractivity contribution in [2.24, 2.45) is 0 Å². The van der Waals surface area contributed by atoms with Gasteiger partial charge in [-0.1, -0.05) is 35.6 Å². The van der Waals surface area contributed by atoms with Gasteiger partial charge in [0.05, 0.1) is 35.0 Å². The van der Waals surface area contributed by atoms with Gasteiger partial charge >= 0.3 is 0 Å². The first kappa shape index (κ1) is 17.9. The van der Waals surface area contributed by atoms with Crippen LogP contribution in [0.15, 0.2) is 48.5 Å². The van der Waals surface area contributed by atoms with Gasteiger partial charge in [-0.25, -0.2) is 4.98 Å². The highest BCUT2D eigenvalue weighted by molar-refractivity contribution is 7.22. The van der Waals surface area contributed by atoms with Gasteiger partial charge in [0.2, 0.25) is 0 Å². The molecular formula is C21H22N2O3S. The first-order chi connectivity index (χ1) is 13.3. The Bertz CT molecular complexity index is 901. The lowest BCUT2D eigenvalue weighted by Crippen LogP contribution is -2.37. The third-order valence-electron chi connectivity index (χ3n) is 4.59. The molecule has 4 rings (SSSR count). The van der Waals surface area contributed by atoms with Crippen molar-refractivity contribution in [1.82, 2.24) is 4.98 Å². The average molecular weight is 382 g/mol. The number of ether oxygens (including phenoxy) is 2. The predicted octanol–water partition coefficient (Wildman–Crippen LogP) is 4.52. The topological polar surface area (TPSA) is 51.7 Å². The minimum atomic E-state index is -0.103. The molecule has 1 amide bonds. The number of amides is 1. The van der Waals surface area contributed by atoms with E-state index in [9.17, 15) is 4.79 Å². The van der Waals surface area contributed by atoms with Crippen molar-refractivity contribution in [3.63, 3.8) is 0 Å². The summed E-state index contributed by atoms with van der Waals surface area (Å²) in [5.41, 5.74) is 1.46. The fraction of sp³-hybridized carbons (Fsp3) is 0.333. The largest absolute Gasteiger partial charge is 0.493 e. The average Bonchev–Trinajstić information content (AvgIpc) is 3.35. The summed E-state index contributed by atoms with van der Waals surface area (Å²) < 4.78 is 12.5. The second-order valence-electron chi connectivity index (χ2n) is 6.44. The fourth-order valence-corrected chi connectivity index (χ4v) is 4.26. The number of hydrogen-bond acceptors (Lipinski definition) is 5. The zero-order valence-corrected chi connectivity index (χ0v) is 16.1. The molecule has 27 heavy (non-hydrogen) atoms. The molecule has 0 N–H and O–H groups in total. The molecule has 5 nitrogen and oxygen atoms in total. The van der Waals surface area contributed by atoms with E-state index in [4.69, 9.17) is 14.5 Å². The van der Waals surface area contributed by atoms with Crippen LogP contribution in [0.5, 0.6) is 5.75 Å². The Hall–Kier alpha value is -2.44. The Kier molecular flexibility index (Phi) is 5.36. The fourth-order valence-electron chi connectivity index (χ4n) is 3.29. The molecule has 0 radical (unpaired) electrons. The van der Waals surface area contributed by atoms with Crippen molar-refractivity contribution >= 4 is 32.6 Å². The number of thiazole rings is 1. The van der Waals surface area contributed by atoms with Crippen LogP contribution in [0.4, 0.5) is 5.13 Å². The number of nitrogens with zero attached hydrogens (tertiary/aromatic N) is 2. The molecule has 1 fully saturated rings. The van der Waals surface area contributed by atoms with Gasteiger partial charge in [0.15, 0.2) is 5.13 Å². The van der Waals surface area contributed by atoms with Gasteiger partial charge in [-0.2, -0.15) is 0 Å². The zero-order chi connectivity index (χ0) is 18.6. The van der Waals surface area contributed by atoms with Crippen LogP contribution in [0.3, 0.4) is 0 Å². The number of para-hydroxylation sites is 2. The summed E-state index contributed by atoms with van der Waals surface area (Å²) in [4.78, 5) is 19.9. The monoisotopic (exact) mass is 382 g/mol. The maximum Gasteiger partial charge on any atom is 0.263 e. The molecule has 0 spiro atoms. The molecule has 0 saturated carbocycles. The molecule has 2 heterocycles. The molecule has 6 heteroatoms. The summed E-state index contributed by atoms with van der Waals surface area (Å²) in [6.07, 6.45) is 2.03. The second-order valence-corrected chi connectivity index (χ2v) is 7.45. The highest BCUT2D eigenvalue weighted by Crippen LogP contribution is 2.32. The van der Waals surface area contributed by atoms with Crippen LogP contribution < -0.4 is 9.64 Å². The highest BCUT2D eigenvalue weighted by atomic mass is 32.1. The molecular weight excluding hydrogens is 360 g/mol. The Morgan fingerprint density at radius 3 is 2.85 bits per heavy atom. The van der Waals surface area contributed by atoms with E-state index >= 15 is 0 Å². The Balaban J connectivity index is 1.72. The lowest BCUT2D eigenvalue weighted by molar-refractivity contribution is 0.0914. The third-order valence-corrected chi connectivity index (χ3v) is 5.65. The summed E-state index contributed by atoms with van der Waals surface area (Å²) >= 11 is 1.53. The zero-order valence-electron chi connectivity index (χ0n) is 15.3. The summed E-state index contributed by atoms with van der Waals surface area (Å²) in [6.45, 7) is 3.68. The van der Waals surface area contributed by atoms with Gasteiger partial charge < -0.3 is 9.47 Å². The Labute approximate surface area is 162 Å². The van der Waals surface area contributed by atoms with E-state index in [2.05, 4.69) is 0 Å². The molecule has 1 aliphatic rings. The Morgan fingerprint density at radius 2 is 2.07 bits per heavy atom. The maximum absolute atomic E-state index is 13.5. The summed E-state index contributed by atoms with van der Waals surface area (Å²) in [5, 5.41) is 0.697. The van der Waals surface area contributed by atoms with Crippen molar-refractivity contribution < 1.29 is 14.3 Å². The van der Waals surface area contributed by atoms with Gasteiger partial charge in [0, 0.05) is 6.61 Å². The first-order valence-electron chi connectivity index (χ1n) is 9.27. The van der Waals surface area contributed by atoms with Crippen LogP contribution in [0.2, 0.25) is 0 Å². The molecule has 2 aromatic carbocycles. The van der Waals surface area contributed by atoms with E-state index in [-0.39, 0.29) is 12.0 Å². The van der Waals surface area contributed by atoms with Gasteiger partial charge in [0.25, 0.3) is 5.91 Å². The number of benzene rings is 2. The first-order valence-corrected chi connectivity index (χ1v) is 10.1. The number of aromatic nitrogens is 1. The lowest BCUT2D eigenvalue weighted by Gasteiger charge is -2.24. The summed E-state index contributed by atoms with van der Waals surface area (Å²) in [5.74, 6) is 0.497. The quantitative estimate of drug-likeness (QED) is 0.629. The molecule has 1 atom stereocenters. The minimum Gasteiger partial charge on any atom is -0.493 e. The Morgan fingerprint density at radius 1 is 1.26 bits per heavy atom. The molecule has 1 saturated heterocycles. The molecule has 0 aliphatic carbocycles. The van der Waals surface area contributed by atoms with Crippen molar-refractivity contribution in [3.8, 4) is 5.75 Å². The van der Waals surface area contributed by atoms with Crippen LogP contribution >= 0.6 is 11.3 Å².